The quantitative estimate of drug-likeness (QED) is 0.643. The minimum Gasteiger partial charge on any atom is -0.496 e. The minimum absolute atomic E-state index is 0.586. The van der Waals surface area contributed by atoms with Crippen molar-refractivity contribution in [2.45, 2.75) is 40.8 Å². The molecular formula is C17H25N5OS. The van der Waals surface area contributed by atoms with Gasteiger partial charge in [0.05, 0.1) is 36.6 Å². The minimum atomic E-state index is 0.586. The Morgan fingerprint density at radius 2 is 1.92 bits per heavy atom. The fraction of sp³-hybridized carbons (Fsp3) is 0.471. The molecule has 2 N–H and O–H groups in total. The Balaban J connectivity index is 1.98. The van der Waals surface area contributed by atoms with Crippen LogP contribution in [0, 0.1) is 27.7 Å². The van der Waals surface area contributed by atoms with Crippen LogP contribution in [0.15, 0.2) is 11.2 Å². The van der Waals surface area contributed by atoms with Crippen LogP contribution in [0.25, 0.3) is 0 Å². The van der Waals surface area contributed by atoms with Gasteiger partial charge in [0.25, 0.3) is 0 Å². The van der Waals surface area contributed by atoms with Crippen molar-refractivity contribution in [2.75, 3.05) is 14.2 Å². The molecule has 2 heterocycles. The third-order valence-electron chi connectivity index (χ3n) is 3.81. The summed E-state index contributed by atoms with van der Waals surface area (Å²) in [6.07, 6.45) is 1.84. The summed E-state index contributed by atoms with van der Waals surface area (Å²) in [5, 5.41) is 7.70. The summed E-state index contributed by atoms with van der Waals surface area (Å²) in [4.78, 5) is 14.4. The number of aliphatic imine (C=N–C) groups is 1. The second kappa shape index (κ2) is 8.10. The summed E-state index contributed by atoms with van der Waals surface area (Å²) in [6, 6.07) is 0. The Morgan fingerprint density at radius 1 is 1.21 bits per heavy atom. The van der Waals surface area contributed by atoms with Crippen LogP contribution < -0.4 is 15.4 Å². The van der Waals surface area contributed by atoms with E-state index < -0.39 is 0 Å². The largest absolute Gasteiger partial charge is 0.496 e. The predicted octanol–water partition coefficient (Wildman–Crippen LogP) is 2.65. The molecule has 0 radical (unpaired) electrons. The molecule has 0 aliphatic heterocycles. The van der Waals surface area contributed by atoms with Crippen LogP contribution in [-0.4, -0.2) is 30.1 Å². The van der Waals surface area contributed by atoms with Crippen LogP contribution in [0.1, 0.15) is 32.4 Å². The molecule has 6 nitrogen and oxygen atoms in total. The Morgan fingerprint density at radius 3 is 2.50 bits per heavy atom. The van der Waals surface area contributed by atoms with E-state index in [4.69, 9.17) is 4.74 Å². The highest BCUT2D eigenvalue weighted by molar-refractivity contribution is 7.11. The summed E-state index contributed by atoms with van der Waals surface area (Å²) in [5.41, 5.74) is 4.11. The number of thiazole rings is 1. The van der Waals surface area contributed by atoms with Gasteiger partial charge in [-0.2, -0.15) is 0 Å². The molecule has 0 amide bonds. The van der Waals surface area contributed by atoms with E-state index in [9.17, 15) is 0 Å². The van der Waals surface area contributed by atoms with Crippen LogP contribution >= 0.6 is 11.3 Å². The summed E-state index contributed by atoms with van der Waals surface area (Å²) >= 11 is 1.71. The van der Waals surface area contributed by atoms with Crippen LogP contribution in [0.4, 0.5) is 0 Å². The van der Waals surface area contributed by atoms with E-state index in [0.717, 1.165) is 39.2 Å². The monoisotopic (exact) mass is 347 g/mol. The number of pyridine rings is 1. The van der Waals surface area contributed by atoms with E-state index >= 15 is 0 Å². The smallest absolute Gasteiger partial charge is 0.191 e. The van der Waals surface area contributed by atoms with E-state index in [1.807, 2.05) is 33.9 Å². The van der Waals surface area contributed by atoms with Crippen molar-refractivity contribution in [1.82, 2.24) is 20.6 Å². The Labute approximate surface area is 147 Å². The highest BCUT2D eigenvalue weighted by Gasteiger charge is 2.10. The highest BCUT2D eigenvalue weighted by Crippen LogP contribution is 2.23. The number of rotatable bonds is 5. The normalized spacial score (nSPS) is 11.5. The zero-order valence-electron chi connectivity index (χ0n) is 15.1. The van der Waals surface area contributed by atoms with E-state index in [0.29, 0.717) is 13.1 Å². The molecule has 0 fully saturated rings. The van der Waals surface area contributed by atoms with Gasteiger partial charge < -0.3 is 15.4 Å². The number of hydrogen-bond acceptors (Lipinski definition) is 5. The number of aromatic nitrogens is 2. The number of hydrogen-bond donors (Lipinski definition) is 2. The summed E-state index contributed by atoms with van der Waals surface area (Å²) < 4.78 is 5.45. The van der Waals surface area contributed by atoms with E-state index in [-0.39, 0.29) is 0 Å². The standard InChI is InChI=1S/C17H25N5OS/c1-10-7-19-14(11(2)16(10)23-6)8-20-17(18-5)21-9-15-12(3)22-13(4)24-15/h7H,8-9H2,1-6H3,(H2,18,20,21). The second-order valence-electron chi connectivity index (χ2n) is 5.57. The molecule has 0 aliphatic carbocycles. The summed E-state index contributed by atoms with van der Waals surface area (Å²) in [5.74, 6) is 1.63. The molecule has 0 unspecified atom stereocenters. The average molecular weight is 347 g/mol. The molecule has 0 aliphatic rings. The van der Waals surface area contributed by atoms with Crippen molar-refractivity contribution in [3.8, 4) is 5.75 Å². The number of aryl methyl sites for hydroxylation is 3. The van der Waals surface area contributed by atoms with E-state index in [1.54, 1.807) is 25.5 Å². The number of methoxy groups -OCH3 is 1. The van der Waals surface area contributed by atoms with Gasteiger partial charge in [-0.15, -0.1) is 11.3 Å². The molecular weight excluding hydrogens is 322 g/mol. The molecule has 2 aromatic rings. The summed E-state index contributed by atoms with van der Waals surface area (Å²) in [7, 11) is 3.45. The maximum atomic E-state index is 5.45. The van der Waals surface area contributed by atoms with Gasteiger partial charge in [-0.1, -0.05) is 0 Å². The molecule has 0 aromatic carbocycles. The lowest BCUT2D eigenvalue weighted by atomic mass is 10.1. The second-order valence-corrected chi connectivity index (χ2v) is 6.85. The average Bonchev–Trinajstić information content (AvgIpc) is 2.87. The molecule has 0 saturated carbocycles. The maximum Gasteiger partial charge on any atom is 0.191 e. The van der Waals surface area contributed by atoms with Gasteiger partial charge >= 0.3 is 0 Å². The molecule has 2 rings (SSSR count). The molecule has 0 atom stereocenters. The first-order chi connectivity index (χ1) is 11.5. The predicted molar refractivity (Wildman–Crippen MR) is 98.9 cm³/mol. The van der Waals surface area contributed by atoms with Gasteiger partial charge in [-0.3, -0.25) is 9.98 Å². The van der Waals surface area contributed by atoms with Gasteiger partial charge in [-0.05, 0) is 27.7 Å². The number of ether oxygens (including phenoxy) is 1. The fourth-order valence-electron chi connectivity index (χ4n) is 2.54. The first-order valence-electron chi connectivity index (χ1n) is 7.82. The molecule has 0 spiro atoms. The van der Waals surface area contributed by atoms with Crippen molar-refractivity contribution in [3.63, 3.8) is 0 Å². The van der Waals surface area contributed by atoms with Gasteiger partial charge in [0.15, 0.2) is 5.96 Å². The fourth-order valence-corrected chi connectivity index (χ4v) is 3.42. The lowest BCUT2D eigenvalue weighted by molar-refractivity contribution is 0.406. The van der Waals surface area contributed by atoms with Crippen molar-refractivity contribution in [1.29, 1.82) is 0 Å². The third-order valence-corrected chi connectivity index (χ3v) is 4.89. The Bertz CT molecular complexity index is 739. The maximum absolute atomic E-state index is 5.45. The van der Waals surface area contributed by atoms with E-state index in [2.05, 4.69) is 25.6 Å². The van der Waals surface area contributed by atoms with Crippen LogP contribution in [0.3, 0.4) is 0 Å². The van der Waals surface area contributed by atoms with Crippen molar-refractivity contribution in [2.24, 2.45) is 4.99 Å². The first-order valence-corrected chi connectivity index (χ1v) is 8.64. The Kier molecular flexibility index (Phi) is 6.14. The third kappa shape index (κ3) is 4.23. The van der Waals surface area contributed by atoms with Crippen molar-refractivity contribution >= 4 is 17.3 Å². The SMILES string of the molecule is CN=C(NCc1ncc(C)c(OC)c1C)NCc1sc(C)nc1C. The lowest BCUT2D eigenvalue weighted by Crippen LogP contribution is -2.36. The zero-order valence-corrected chi connectivity index (χ0v) is 16.0. The van der Waals surface area contributed by atoms with Gasteiger partial charge in [0.1, 0.15) is 5.75 Å². The number of nitrogens with one attached hydrogen (secondary N) is 2. The molecule has 24 heavy (non-hydrogen) atoms. The molecule has 0 saturated heterocycles. The Hall–Kier alpha value is -2.15. The first kappa shape index (κ1) is 18.2. The molecule has 130 valence electrons. The van der Waals surface area contributed by atoms with Gasteiger partial charge in [0, 0.05) is 29.2 Å². The van der Waals surface area contributed by atoms with Crippen LogP contribution in [0.2, 0.25) is 0 Å². The highest BCUT2D eigenvalue weighted by atomic mass is 32.1. The van der Waals surface area contributed by atoms with E-state index in [1.165, 1.54) is 4.88 Å². The molecule has 0 bridgehead atoms. The number of guanidine groups is 1. The zero-order chi connectivity index (χ0) is 17.7. The molecule has 2 aromatic heterocycles. The van der Waals surface area contributed by atoms with Crippen molar-refractivity contribution < 1.29 is 4.74 Å². The van der Waals surface area contributed by atoms with Crippen molar-refractivity contribution in [3.05, 3.63) is 38.6 Å². The topological polar surface area (TPSA) is 71.4 Å². The molecule has 7 heteroatoms. The van der Waals surface area contributed by atoms with Crippen LogP contribution in [-0.2, 0) is 13.1 Å². The van der Waals surface area contributed by atoms with Gasteiger partial charge in [-0.25, -0.2) is 4.98 Å². The summed E-state index contributed by atoms with van der Waals surface area (Å²) in [6.45, 7) is 9.37. The van der Waals surface area contributed by atoms with Crippen LogP contribution in [0.5, 0.6) is 5.75 Å². The van der Waals surface area contributed by atoms with Gasteiger partial charge in [0.2, 0.25) is 0 Å². The number of nitrogens with zero attached hydrogens (tertiary/aromatic N) is 3. The lowest BCUT2D eigenvalue weighted by Gasteiger charge is -2.15.